The lowest BCUT2D eigenvalue weighted by Crippen LogP contribution is -2.35. The Kier molecular flexibility index (Phi) is 4.93. The molecule has 1 aliphatic rings. The van der Waals surface area contributed by atoms with Crippen LogP contribution >= 0.6 is 0 Å². The van der Waals surface area contributed by atoms with E-state index in [1.807, 2.05) is 6.92 Å². The zero-order valence-corrected chi connectivity index (χ0v) is 12.4. The van der Waals surface area contributed by atoms with E-state index < -0.39 is 0 Å². The minimum absolute atomic E-state index is 0.0173. The number of amides is 2. The lowest BCUT2D eigenvalue weighted by atomic mass is 9.89. The standard InChI is InChI=1S/C15H21N3O3/c1-15(7-8-16-10-15)14(20)18-12-5-3-11(4-6-12)17-13(19)9-21-2/h3-6,16H,7-10H2,1-2H3,(H,17,19)(H,18,20). The zero-order chi connectivity index (χ0) is 15.3. The maximum atomic E-state index is 12.2. The maximum absolute atomic E-state index is 12.2. The number of carbonyl (C=O) groups is 2. The molecule has 0 saturated carbocycles. The van der Waals surface area contributed by atoms with E-state index in [9.17, 15) is 9.59 Å². The number of methoxy groups -OCH3 is 1. The third kappa shape index (κ3) is 4.03. The monoisotopic (exact) mass is 291 g/mol. The van der Waals surface area contributed by atoms with Gasteiger partial charge < -0.3 is 20.7 Å². The third-order valence-electron chi connectivity index (χ3n) is 3.62. The van der Waals surface area contributed by atoms with E-state index in [2.05, 4.69) is 16.0 Å². The van der Waals surface area contributed by atoms with Gasteiger partial charge in [0.1, 0.15) is 6.61 Å². The van der Waals surface area contributed by atoms with E-state index in [0.29, 0.717) is 12.2 Å². The Morgan fingerprint density at radius 1 is 1.24 bits per heavy atom. The van der Waals surface area contributed by atoms with Gasteiger partial charge in [-0.15, -0.1) is 0 Å². The van der Waals surface area contributed by atoms with Gasteiger partial charge >= 0.3 is 0 Å². The Hall–Kier alpha value is -1.92. The Labute approximate surface area is 124 Å². The third-order valence-corrected chi connectivity index (χ3v) is 3.62. The molecule has 1 heterocycles. The highest BCUT2D eigenvalue weighted by Gasteiger charge is 2.36. The summed E-state index contributed by atoms with van der Waals surface area (Å²) in [5.41, 5.74) is 1.03. The predicted molar refractivity (Wildman–Crippen MR) is 81.2 cm³/mol. The summed E-state index contributed by atoms with van der Waals surface area (Å²) in [6, 6.07) is 7.04. The fourth-order valence-corrected chi connectivity index (χ4v) is 2.26. The summed E-state index contributed by atoms with van der Waals surface area (Å²) >= 11 is 0. The Balaban J connectivity index is 1.93. The van der Waals surface area contributed by atoms with Crippen molar-refractivity contribution >= 4 is 23.2 Å². The molecule has 1 aliphatic heterocycles. The van der Waals surface area contributed by atoms with Gasteiger partial charge in [-0.25, -0.2) is 0 Å². The number of carbonyl (C=O) groups excluding carboxylic acids is 2. The molecule has 0 spiro atoms. The van der Waals surface area contributed by atoms with Gasteiger partial charge in [-0.2, -0.15) is 0 Å². The van der Waals surface area contributed by atoms with Gasteiger partial charge in [-0.05, 0) is 44.2 Å². The molecule has 1 unspecified atom stereocenters. The van der Waals surface area contributed by atoms with Crippen LogP contribution in [0.25, 0.3) is 0 Å². The lowest BCUT2D eigenvalue weighted by Gasteiger charge is -2.21. The molecule has 3 N–H and O–H groups in total. The van der Waals surface area contributed by atoms with Gasteiger partial charge in [0, 0.05) is 25.0 Å². The maximum Gasteiger partial charge on any atom is 0.250 e. The number of nitrogens with one attached hydrogen (secondary N) is 3. The number of ether oxygens (including phenoxy) is 1. The molecular formula is C15H21N3O3. The summed E-state index contributed by atoms with van der Waals surface area (Å²) in [5.74, 6) is -0.192. The second-order valence-electron chi connectivity index (χ2n) is 5.50. The van der Waals surface area contributed by atoms with E-state index in [1.54, 1.807) is 24.3 Å². The van der Waals surface area contributed by atoms with Crippen molar-refractivity contribution < 1.29 is 14.3 Å². The average molecular weight is 291 g/mol. The molecule has 6 heteroatoms. The molecule has 0 bridgehead atoms. The number of benzene rings is 1. The number of rotatable bonds is 5. The van der Waals surface area contributed by atoms with Crippen LogP contribution in [0, 0.1) is 5.41 Å². The topological polar surface area (TPSA) is 79.5 Å². The highest BCUT2D eigenvalue weighted by Crippen LogP contribution is 2.26. The van der Waals surface area contributed by atoms with Crippen molar-refractivity contribution in [3.8, 4) is 0 Å². The Morgan fingerprint density at radius 3 is 2.38 bits per heavy atom. The SMILES string of the molecule is COCC(=O)Nc1ccc(NC(=O)C2(C)CCNC2)cc1. The van der Waals surface area contributed by atoms with Crippen molar-refractivity contribution in [2.45, 2.75) is 13.3 Å². The minimum Gasteiger partial charge on any atom is -0.375 e. The van der Waals surface area contributed by atoms with Crippen molar-refractivity contribution in [3.05, 3.63) is 24.3 Å². The van der Waals surface area contributed by atoms with Gasteiger partial charge in [0.05, 0.1) is 5.41 Å². The molecule has 0 radical (unpaired) electrons. The first kappa shape index (κ1) is 15.5. The van der Waals surface area contributed by atoms with Crippen molar-refractivity contribution in [1.82, 2.24) is 5.32 Å². The fraction of sp³-hybridized carbons (Fsp3) is 0.467. The quantitative estimate of drug-likeness (QED) is 0.762. The smallest absolute Gasteiger partial charge is 0.250 e. The van der Waals surface area contributed by atoms with Crippen LogP contribution in [-0.4, -0.2) is 38.6 Å². The van der Waals surface area contributed by atoms with Crippen LogP contribution in [0.1, 0.15) is 13.3 Å². The van der Waals surface area contributed by atoms with Gasteiger partial charge in [0.25, 0.3) is 0 Å². The van der Waals surface area contributed by atoms with Gasteiger partial charge in [0.15, 0.2) is 0 Å². The van der Waals surface area contributed by atoms with E-state index in [-0.39, 0.29) is 23.8 Å². The van der Waals surface area contributed by atoms with Crippen molar-refractivity contribution in [3.63, 3.8) is 0 Å². The second kappa shape index (κ2) is 6.69. The van der Waals surface area contributed by atoms with E-state index in [4.69, 9.17) is 4.74 Å². The molecule has 1 fully saturated rings. The molecule has 6 nitrogen and oxygen atoms in total. The van der Waals surface area contributed by atoms with E-state index in [0.717, 1.165) is 18.7 Å². The van der Waals surface area contributed by atoms with Crippen LogP contribution in [0.2, 0.25) is 0 Å². The second-order valence-corrected chi connectivity index (χ2v) is 5.50. The van der Waals surface area contributed by atoms with Crippen LogP contribution in [0.5, 0.6) is 0 Å². The molecule has 1 saturated heterocycles. The van der Waals surface area contributed by atoms with Crippen LogP contribution in [0.15, 0.2) is 24.3 Å². The van der Waals surface area contributed by atoms with Gasteiger partial charge in [-0.3, -0.25) is 9.59 Å². The van der Waals surface area contributed by atoms with E-state index >= 15 is 0 Å². The highest BCUT2D eigenvalue weighted by molar-refractivity contribution is 5.96. The first-order valence-corrected chi connectivity index (χ1v) is 6.94. The summed E-state index contributed by atoms with van der Waals surface area (Å²) < 4.78 is 4.75. The van der Waals surface area contributed by atoms with Crippen molar-refractivity contribution in [2.24, 2.45) is 5.41 Å². The normalized spacial score (nSPS) is 21.0. The molecule has 1 aromatic rings. The van der Waals surface area contributed by atoms with Crippen LogP contribution in [-0.2, 0) is 14.3 Å². The molecule has 21 heavy (non-hydrogen) atoms. The molecular weight excluding hydrogens is 270 g/mol. The first-order chi connectivity index (χ1) is 10.0. The Morgan fingerprint density at radius 2 is 1.86 bits per heavy atom. The number of anilines is 2. The van der Waals surface area contributed by atoms with Crippen LogP contribution < -0.4 is 16.0 Å². The van der Waals surface area contributed by atoms with Crippen molar-refractivity contribution in [1.29, 1.82) is 0 Å². The first-order valence-electron chi connectivity index (χ1n) is 6.94. The predicted octanol–water partition coefficient (Wildman–Crippen LogP) is 1.21. The summed E-state index contributed by atoms with van der Waals surface area (Å²) in [4.78, 5) is 23.6. The highest BCUT2D eigenvalue weighted by atomic mass is 16.5. The fourth-order valence-electron chi connectivity index (χ4n) is 2.26. The van der Waals surface area contributed by atoms with Gasteiger partial charge in [0.2, 0.25) is 11.8 Å². The lowest BCUT2D eigenvalue weighted by molar-refractivity contribution is -0.123. The zero-order valence-electron chi connectivity index (χ0n) is 12.4. The summed E-state index contributed by atoms with van der Waals surface area (Å²) in [5, 5.41) is 8.82. The molecule has 2 rings (SSSR count). The minimum atomic E-state index is -0.356. The average Bonchev–Trinajstić information content (AvgIpc) is 2.89. The van der Waals surface area contributed by atoms with E-state index in [1.165, 1.54) is 7.11 Å². The molecule has 0 aliphatic carbocycles. The molecule has 0 aromatic heterocycles. The molecule has 2 amide bonds. The molecule has 1 atom stereocenters. The number of hydrogen-bond acceptors (Lipinski definition) is 4. The van der Waals surface area contributed by atoms with Crippen LogP contribution in [0.3, 0.4) is 0 Å². The summed E-state index contributed by atoms with van der Waals surface area (Å²) in [6.07, 6.45) is 0.837. The number of hydrogen-bond donors (Lipinski definition) is 3. The molecule has 1 aromatic carbocycles. The van der Waals surface area contributed by atoms with Crippen LogP contribution in [0.4, 0.5) is 11.4 Å². The largest absolute Gasteiger partial charge is 0.375 e. The molecule has 114 valence electrons. The summed E-state index contributed by atoms with van der Waals surface area (Å²) in [7, 11) is 1.47. The van der Waals surface area contributed by atoms with Gasteiger partial charge in [-0.1, -0.05) is 0 Å². The Bertz CT molecular complexity index is 507. The van der Waals surface area contributed by atoms with Crippen molar-refractivity contribution in [2.75, 3.05) is 37.4 Å². The summed E-state index contributed by atoms with van der Waals surface area (Å²) in [6.45, 7) is 3.55.